The van der Waals surface area contributed by atoms with Crippen LogP contribution in [-0.4, -0.2) is 17.2 Å². The molecule has 1 heterocycles. The fraction of sp³-hybridized carbons (Fsp3) is 0.200. The highest BCUT2D eigenvalue weighted by Gasteiger charge is 2.03. The minimum Gasteiger partial charge on any atom is -0.445 e. The molecule has 21 heavy (non-hydrogen) atoms. The van der Waals surface area contributed by atoms with Gasteiger partial charge in [0.05, 0.1) is 0 Å². The lowest BCUT2D eigenvalue weighted by Crippen LogP contribution is -2.30. The Bertz CT molecular complexity index is 655. The van der Waals surface area contributed by atoms with E-state index in [1.165, 1.54) is 10.6 Å². The van der Waals surface area contributed by atoms with Gasteiger partial charge in [-0.05, 0) is 27.6 Å². The summed E-state index contributed by atoms with van der Waals surface area (Å²) >= 11 is 3.30. The molecule has 1 aromatic heterocycles. The van der Waals surface area contributed by atoms with E-state index in [4.69, 9.17) is 4.74 Å². The SMILES string of the molecule is O=C(NCCn1cc(Br)ccc1=O)OCc1ccccc1. The van der Waals surface area contributed by atoms with Gasteiger partial charge >= 0.3 is 6.09 Å². The Kier molecular flexibility index (Phi) is 5.57. The normalized spacial score (nSPS) is 10.1. The van der Waals surface area contributed by atoms with Crippen LogP contribution in [0.5, 0.6) is 0 Å². The van der Waals surface area contributed by atoms with Crippen LogP contribution in [0.1, 0.15) is 5.56 Å². The van der Waals surface area contributed by atoms with E-state index in [9.17, 15) is 9.59 Å². The number of benzene rings is 1. The zero-order chi connectivity index (χ0) is 15.1. The quantitative estimate of drug-likeness (QED) is 0.901. The highest BCUT2D eigenvalue weighted by atomic mass is 79.9. The first-order valence-electron chi connectivity index (χ1n) is 6.46. The first kappa shape index (κ1) is 15.3. The molecule has 0 atom stereocenters. The van der Waals surface area contributed by atoms with Crippen molar-refractivity contribution in [2.45, 2.75) is 13.2 Å². The van der Waals surface area contributed by atoms with Crippen molar-refractivity contribution >= 4 is 22.0 Å². The molecule has 1 aromatic carbocycles. The number of carbonyl (C=O) groups is 1. The lowest BCUT2D eigenvalue weighted by Gasteiger charge is -2.08. The van der Waals surface area contributed by atoms with Gasteiger partial charge in [-0.3, -0.25) is 4.79 Å². The van der Waals surface area contributed by atoms with Crippen LogP contribution in [0.4, 0.5) is 4.79 Å². The lowest BCUT2D eigenvalue weighted by atomic mass is 10.2. The highest BCUT2D eigenvalue weighted by Crippen LogP contribution is 2.04. The molecule has 0 unspecified atom stereocenters. The number of rotatable bonds is 5. The van der Waals surface area contributed by atoms with Gasteiger partial charge in [0.1, 0.15) is 6.61 Å². The predicted molar refractivity (Wildman–Crippen MR) is 83.0 cm³/mol. The van der Waals surface area contributed by atoms with Gasteiger partial charge < -0.3 is 14.6 Å². The van der Waals surface area contributed by atoms with Crippen molar-refractivity contribution in [2.24, 2.45) is 0 Å². The zero-order valence-electron chi connectivity index (χ0n) is 11.3. The molecule has 2 rings (SSSR count). The highest BCUT2D eigenvalue weighted by molar-refractivity contribution is 9.10. The lowest BCUT2D eigenvalue weighted by molar-refractivity contribution is 0.139. The van der Waals surface area contributed by atoms with E-state index < -0.39 is 6.09 Å². The summed E-state index contributed by atoms with van der Waals surface area (Å²) in [5.41, 5.74) is 0.813. The number of nitrogens with zero attached hydrogens (tertiary/aromatic N) is 1. The third kappa shape index (κ3) is 5.07. The Labute approximate surface area is 130 Å². The Balaban J connectivity index is 1.74. The summed E-state index contributed by atoms with van der Waals surface area (Å²) in [6.07, 6.45) is 1.18. The van der Waals surface area contributed by atoms with Gasteiger partial charge in [-0.25, -0.2) is 4.79 Å². The summed E-state index contributed by atoms with van der Waals surface area (Å²) in [5.74, 6) is 0. The van der Waals surface area contributed by atoms with Crippen LogP contribution < -0.4 is 10.9 Å². The van der Waals surface area contributed by atoms with Crippen LogP contribution in [0.25, 0.3) is 0 Å². The number of hydrogen-bond donors (Lipinski definition) is 1. The van der Waals surface area contributed by atoms with Crippen molar-refractivity contribution in [1.82, 2.24) is 9.88 Å². The number of hydrogen-bond acceptors (Lipinski definition) is 3. The maximum atomic E-state index is 11.6. The van der Waals surface area contributed by atoms with E-state index in [1.807, 2.05) is 30.3 Å². The molecule has 0 spiro atoms. The number of ether oxygens (including phenoxy) is 1. The molecule has 6 heteroatoms. The molecule has 0 bridgehead atoms. The van der Waals surface area contributed by atoms with Crippen molar-refractivity contribution in [1.29, 1.82) is 0 Å². The summed E-state index contributed by atoms with van der Waals surface area (Å²) < 4.78 is 7.40. The fourth-order valence-electron chi connectivity index (χ4n) is 1.73. The van der Waals surface area contributed by atoms with E-state index in [1.54, 1.807) is 12.3 Å². The van der Waals surface area contributed by atoms with Crippen LogP contribution in [0, 0.1) is 0 Å². The molecule has 0 radical (unpaired) electrons. The van der Waals surface area contributed by atoms with Crippen molar-refractivity contribution in [3.8, 4) is 0 Å². The van der Waals surface area contributed by atoms with E-state index in [0.29, 0.717) is 13.1 Å². The predicted octanol–water partition coefficient (Wildman–Crippen LogP) is 2.54. The molecule has 1 N–H and O–H groups in total. The van der Waals surface area contributed by atoms with Gasteiger partial charge in [0.25, 0.3) is 5.56 Å². The molecule has 0 saturated carbocycles. The molecule has 0 aliphatic heterocycles. The van der Waals surface area contributed by atoms with E-state index in [-0.39, 0.29) is 12.2 Å². The Morgan fingerprint density at radius 3 is 2.71 bits per heavy atom. The van der Waals surface area contributed by atoms with Crippen LogP contribution in [-0.2, 0) is 17.9 Å². The van der Waals surface area contributed by atoms with Gasteiger partial charge in [-0.15, -0.1) is 0 Å². The minimum absolute atomic E-state index is 0.113. The van der Waals surface area contributed by atoms with Crippen LogP contribution in [0.2, 0.25) is 0 Å². The Morgan fingerprint density at radius 2 is 1.95 bits per heavy atom. The van der Waals surface area contributed by atoms with Gasteiger partial charge in [0.2, 0.25) is 0 Å². The topological polar surface area (TPSA) is 60.3 Å². The fourth-order valence-corrected chi connectivity index (χ4v) is 2.11. The number of carbonyl (C=O) groups excluding carboxylic acids is 1. The summed E-state index contributed by atoms with van der Waals surface area (Å²) in [7, 11) is 0. The first-order chi connectivity index (χ1) is 10.1. The molecule has 5 nitrogen and oxygen atoms in total. The number of alkyl carbamates (subject to hydrolysis) is 1. The van der Waals surface area contributed by atoms with E-state index in [0.717, 1.165) is 10.0 Å². The third-order valence-corrected chi connectivity index (χ3v) is 3.25. The maximum absolute atomic E-state index is 11.6. The monoisotopic (exact) mass is 350 g/mol. The first-order valence-corrected chi connectivity index (χ1v) is 7.25. The van der Waals surface area contributed by atoms with Crippen molar-refractivity contribution in [3.63, 3.8) is 0 Å². The van der Waals surface area contributed by atoms with Crippen molar-refractivity contribution in [2.75, 3.05) is 6.54 Å². The van der Waals surface area contributed by atoms with Crippen molar-refractivity contribution in [3.05, 3.63) is 69.1 Å². The standard InChI is InChI=1S/C15H15BrN2O3/c16-13-6-7-14(19)18(10-13)9-8-17-15(20)21-11-12-4-2-1-3-5-12/h1-7,10H,8-9,11H2,(H,17,20). The Morgan fingerprint density at radius 1 is 1.19 bits per heavy atom. The number of aromatic nitrogens is 1. The molecule has 2 aromatic rings. The molecule has 0 aliphatic rings. The Hall–Kier alpha value is -2.08. The smallest absolute Gasteiger partial charge is 0.407 e. The van der Waals surface area contributed by atoms with Gasteiger partial charge in [-0.1, -0.05) is 30.3 Å². The summed E-state index contributed by atoms with van der Waals surface area (Å²) in [4.78, 5) is 23.1. The zero-order valence-corrected chi connectivity index (χ0v) is 12.9. The molecule has 110 valence electrons. The molecule has 0 aliphatic carbocycles. The molecule has 0 fully saturated rings. The molecular weight excluding hydrogens is 336 g/mol. The second kappa shape index (κ2) is 7.64. The van der Waals surface area contributed by atoms with Gasteiger partial charge in [0, 0.05) is 29.8 Å². The van der Waals surface area contributed by atoms with Crippen molar-refractivity contribution < 1.29 is 9.53 Å². The van der Waals surface area contributed by atoms with Crippen LogP contribution in [0.15, 0.2) is 57.9 Å². The third-order valence-electron chi connectivity index (χ3n) is 2.78. The van der Waals surface area contributed by atoms with E-state index in [2.05, 4.69) is 21.2 Å². The second-order valence-electron chi connectivity index (χ2n) is 4.37. The number of amides is 1. The number of halogens is 1. The van der Waals surface area contributed by atoms with Crippen LogP contribution >= 0.6 is 15.9 Å². The van der Waals surface area contributed by atoms with E-state index >= 15 is 0 Å². The largest absolute Gasteiger partial charge is 0.445 e. The average molecular weight is 351 g/mol. The average Bonchev–Trinajstić information content (AvgIpc) is 2.50. The summed E-state index contributed by atoms with van der Waals surface area (Å²) in [6.45, 7) is 0.937. The minimum atomic E-state index is -0.498. The van der Waals surface area contributed by atoms with Crippen LogP contribution in [0.3, 0.4) is 0 Å². The number of pyridine rings is 1. The second-order valence-corrected chi connectivity index (χ2v) is 5.28. The number of nitrogens with one attached hydrogen (secondary N) is 1. The molecular formula is C15H15BrN2O3. The molecule has 0 saturated heterocycles. The summed E-state index contributed by atoms with van der Waals surface area (Å²) in [5, 5.41) is 2.61. The van der Waals surface area contributed by atoms with Gasteiger partial charge in [-0.2, -0.15) is 0 Å². The summed E-state index contributed by atoms with van der Waals surface area (Å²) in [6, 6.07) is 12.6. The van der Waals surface area contributed by atoms with Gasteiger partial charge in [0.15, 0.2) is 0 Å². The maximum Gasteiger partial charge on any atom is 0.407 e. The molecule has 1 amide bonds.